The molecule has 5 nitrogen and oxygen atoms in total. The standard InChI is InChI=1S/C25H29F3N2O3/c26-25(27,28)20-7-3-18(4-8-20)6-10-24(31)29-21(17-30-11-1-2-12-30)15-19-5-9-22-23(16-19)33-14-13-32-22/h3-5,7-9,16,21H,1-2,6,10-15,17H2,(H,29,31)/t21-/m0/s1. The van der Waals surface area contributed by atoms with E-state index in [9.17, 15) is 18.0 Å². The van der Waals surface area contributed by atoms with Crippen LogP contribution in [0.25, 0.3) is 0 Å². The highest BCUT2D eigenvalue weighted by atomic mass is 19.4. The van der Waals surface area contributed by atoms with E-state index in [0.29, 0.717) is 31.6 Å². The Morgan fingerprint density at radius 3 is 2.33 bits per heavy atom. The summed E-state index contributed by atoms with van der Waals surface area (Å²) in [5.41, 5.74) is 1.09. The van der Waals surface area contributed by atoms with Crippen LogP contribution in [0.2, 0.25) is 0 Å². The maximum atomic E-state index is 12.7. The predicted molar refractivity (Wildman–Crippen MR) is 119 cm³/mol. The number of nitrogens with one attached hydrogen (secondary N) is 1. The Hall–Kier alpha value is -2.74. The van der Waals surface area contributed by atoms with Crippen LogP contribution in [0.5, 0.6) is 11.5 Å². The Balaban J connectivity index is 1.35. The van der Waals surface area contributed by atoms with Crippen LogP contribution in [-0.4, -0.2) is 49.7 Å². The fourth-order valence-corrected chi connectivity index (χ4v) is 4.36. The van der Waals surface area contributed by atoms with Crippen molar-refractivity contribution in [3.8, 4) is 11.5 Å². The minimum atomic E-state index is -4.35. The molecule has 178 valence electrons. The molecular formula is C25H29F3N2O3. The molecule has 2 aliphatic rings. The first kappa shape index (κ1) is 23.4. The molecule has 2 aromatic carbocycles. The molecule has 0 saturated carbocycles. The maximum absolute atomic E-state index is 12.7. The van der Waals surface area contributed by atoms with Gasteiger partial charge in [-0.05, 0) is 74.2 Å². The van der Waals surface area contributed by atoms with Gasteiger partial charge in [-0.1, -0.05) is 18.2 Å². The van der Waals surface area contributed by atoms with Gasteiger partial charge in [-0.25, -0.2) is 0 Å². The minimum absolute atomic E-state index is 0.0641. The van der Waals surface area contributed by atoms with Gasteiger partial charge in [-0.2, -0.15) is 13.2 Å². The second-order valence-electron chi connectivity index (χ2n) is 8.65. The number of amides is 1. The minimum Gasteiger partial charge on any atom is -0.486 e. The number of benzene rings is 2. The van der Waals surface area contributed by atoms with Gasteiger partial charge in [0.2, 0.25) is 5.91 Å². The molecule has 0 aromatic heterocycles. The Morgan fingerprint density at radius 1 is 0.970 bits per heavy atom. The molecule has 0 unspecified atom stereocenters. The number of likely N-dealkylation sites (tertiary alicyclic amines) is 1. The lowest BCUT2D eigenvalue weighted by Gasteiger charge is -2.25. The van der Waals surface area contributed by atoms with Crippen LogP contribution in [0.4, 0.5) is 13.2 Å². The Labute approximate surface area is 191 Å². The van der Waals surface area contributed by atoms with Crippen LogP contribution < -0.4 is 14.8 Å². The average molecular weight is 463 g/mol. The number of hydrogen-bond acceptors (Lipinski definition) is 4. The summed E-state index contributed by atoms with van der Waals surface area (Å²) in [7, 11) is 0. The lowest BCUT2D eigenvalue weighted by atomic mass is 10.0. The van der Waals surface area contributed by atoms with Crippen LogP contribution in [0.1, 0.15) is 36.0 Å². The summed E-state index contributed by atoms with van der Waals surface area (Å²) in [4.78, 5) is 15.1. The summed E-state index contributed by atoms with van der Waals surface area (Å²) in [5, 5.41) is 3.15. The fourth-order valence-electron chi connectivity index (χ4n) is 4.36. The zero-order valence-electron chi connectivity index (χ0n) is 18.5. The van der Waals surface area contributed by atoms with Crippen molar-refractivity contribution in [1.82, 2.24) is 10.2 Å². The third kappa shape index (κ3) is 6.63. The van der Waals surface area contributed by atoms with Gasteiger partial charge in [0, 0.05) is 19.0 Å². The van der Waals surface area contributed by atoms with E-state index in [1.165, 1.54) is 25.0 Å². The molecule has 1 atom stereocenters. The van der Waals surface area contributed by atoms with Crippen LogP contribution in [0.15, 0.2) is 42.5 Å². The molecule has 33 heavy (non-hydrogen) atoms. The second kappa shape index (κ2) is 10.5. The molecular weight excluding hydrogens is 433 g/mol. The molecule has 1 fully saturated rings. The molecule has 0 radical (unpaired) electrons. The molecule has 8 heteroatoms. The van der Waals surface area contributed by atoms with Crippen molar-refractivity contribution in [2.75, 3.05) is 32.8 Å². The number of ether oxygens (including phenoxy) is 2. The summed E-state index contributed by atoms with van der Waals surface area (Å²) < 4.78 is 49.5. The average Bonchev–Trinajstić information content (AvgIpc) is 3.30. The number of aryl methyl sites for hydroxylation is 1. The van der Waals surface area contributed by atoms with Crippen molar-refractivity contribution in [3.05, 3.63) is 59.2 Å². The number of fused-ring (bicyclic) bond motifs is 1. The summed E-state index contributed by atoms with van der Waals surface area (Å²) >= 11 is 0. The SMILES string of the molecule is O=C(CCc1ccc(C(F)(F)F)cc1)N[C@@H](Cc1ccc2c(c1)OCCO2)CN1CCCC1. The molecule has 2 aromatic rings. The van der Waals surface area contributed by atoms with E-state index < -0.39 is 11.7 Å². The number of halogens is 3. The summed E-state index contributed by atoms with van der Waals surface area (Å²) in [6, 6.07) is 10.8. The maximum Gasteiger partial charge on any atom is 0.416 e. The fraction of sp³-hybridized carbons (Fsp3) is 0.480. The normalized spacial score (nSPS) is 17.1. The Bertz CT molecular complexity index is 941. The smallest absolute Gasteiger partial charge is 0.416 e. The third-order valence-corrected chi connectivity index (χ3v) is 6.05. The van der Waals surface area contributed by atoms with Crippen molar-refractivity contribution in [2.45, 2.75) is 44.3 Å². The Morgan fingerprint density at radius 2 is 1.64 bits per heavy atom. The summed E-state index contributed by atoms with van der Waals surface area (Å²) in [5.74, 6) is 1.37. The molecule has 2 aliphatic heterocycles. The van der Waals surface area contributed by atoms with Crippen LogP contribution in [0, 0.1) is 0 Å². The zero-order valence-corrected chi connectivity index (χ0v) is 18.5. The van der Waals surface area contributed by atoms with Gasteiger partial charge in [0.15, 0.2) is 11.5 Å². The highest BCUT2D eigenvalue weighted by Crippen LogP contribution is 2.31. The lowest BCUT2D eigenvalue weighted by molar-refractivity contribution is -0.137. The van der Waals surface area contributed by atoms with E-state index >= 15 is 0 Å². The molecule has 0 spiro atoms. The molecule has 2 heterocycles. The quantitative estimate of drug-likeness (QED) is 0.638. The van der Waals surface area contributed by atoms with Crippen molar-refractivity contribution < 1.29 is 27.4 Å². The number of alkyl halides is 3. The largest absolute Gasteiger partial charge is 0.486 e. The molecule has 4 rings (SSSR count). The first-order valence-corrected chi connectivity index (χ1v) is 11.4. The van der Waals surface area contributed by atoms with E-state index in [2.05, 4.69) is 10.2 Å². The van der Waals surface area contributed by atoms with Gasteiger partial charge in [0.05, 0.1) is 5.56 Å². The van der Waals surface area contributed by atoms with Crippen LogP contribution in [-0.2, 0) is 23.8 Å². The zero-order chi connectivity index (χ0) is 23.3. The van der Waals surface area contributed by atoms with E-state index in [0.717, 1.165) is 48.8 Å². The first-order chi connectivity index (χ1) is 15.9. The summed E-state index contributed by atoms with van der Waals surface area (Å²) in [6.45, 7) is 3.88. The second-order valence-corrected chi connectivity index (χ2v) is 8.65. The van der Waals surface area contributed by atoms with E-state index in [1.54, 1.807) is 0 Å². The predicted octanol–water partition coefficient (Wildman–Crippen LogP) is 4.23. The number of nitrogens with zero attached hydrogens (tertiary/aromatic N) is 1. The van der Waals surface area contributed by atoms with Crippen molar-refractivity contribution in [1.29, 1.82) is 0 Å². The van der Waals surface area contributed by atoms with E-state index in [1.807, 2.05) is 18.2 Å². The van der Waals surface area contributed by atoms with Gasteiger partial charge in [0.1, 0.15) is 13.2 Å². The third-order valence-electron chi connectivity index (χ3n) is 6.05. The number of carbonyl (C=O) groups excluding carboxylic acids is 1. The highest BCUT2D eigenvalue weighted by Gasteiger charge is 2.30. The van der Waals surface area contributed by atoms with Gasteiger partial charge in [-0.15, -0.1) is 0 Å². The topological polar surface area (TPSA) is 50.8 Å². The molecule has 1 N–H and O–H groups in total. The van der Waals surface area contributed by atoms with Crippen molar-refractivity contribution >= 4 is 5.91 Å². The van der Waals surface area contributed by atoms with Gasteiger partial charge < -0.3 is 19.7 Å². The lowest BCUT2D eigenvalue weighted by Crippen LogP contribution is -2.44. The van der Waals surface area contributed by atoms with Crippen molar-refractivity contribution in [3.63, 3.8) is 0 Å². The van der Waals surface area contributed by atoms with Crippen molar-refractivity contribution in [2.24, 2.45) is 0 Å². The Kier molecular flexibility index (Phi) is 7.42. The van der Waals surface area contributed by atoms with Crippen LogP contribution in [0.3, 0.4) is 0 Å². The molecule has 1 saturated heterocycles. The summed E-state index contributed by atoms with van der Waals surface area (Å²) in [6.07, 6.45) is -0.740. The van der Waals surface area contributed by atoms with E-state index in [-0.39, 0.29) is 18.4 Å². The first-order valence-electron chi connectivity index (χ1n) is 11.4. The molecule has 1 amide bonds. The van der Waals surface area contributed by atoms with Gasteiger partial charge >= 0.3 is 6.18 Å². The van der Waals surface area contributed by atoms with Gasteiger partial charge in [0.25, 0.3) is 0 Å². The number of carbonyl (C=O) groups is 1. The molecule has 0 aliphatic carbocycles. The number of hydrogen-bond donors (Lipinski definition) is 1. The van der Waals surface area contributed by atoms with Crippen LogP contribution >= 0.6 is 0 Å². The monoisotopic (exact) mass is 462 g/mol. The molecule has 0 bridgehead atoms. The van der Waals surface area contributed by atoms with E-state index in [4.69, 9.17) is 9.47 Å². The van der Waals surface area contributed by atoms with Gasteiger partial charge in [-0.3, -0.25) is 4.79 Å². The highest BCUT2D eigenvalue weighted by molar-refractivity contribution is 5.76. The number of rotatable bonds is 8.